The van der Waals surface area contributed by atoms with Crippen LogP contribution in [0.3, 0.4) is 0 Å². The molecule has 4 atom stereocenters. The van der Waals surface area contributed by atoms with Gasteiger partial charge in [0.1, 0.15) is 0 Å². The van der Waals surface area contributed by atoms with Gasteiger partial charge in [0.25, 0.3) is 0 Å². The van der Waals surface area contributed by atoms with Crippen molar-refractivity contribution in [3.8, 4) is 0 Å². The molecule has 2 N–H and O–H groups in total. The molecule has 0 amide bonds. The van der Waals surface area contributed by atoms with Crippen molar-refractivity contribution < 1.29 is 4.21 Å². The molecule has 2 rings (SSSR count). The molecule has 0 radical (unpaired) electrons. The molecule has 0 aromatic rings. The normalized spacial score (nSPS) is 31.1. The molecule has 2 aliphatic rings. The van der Waals surface area contributed by atoms with Gasteiger partial charge in [-0.05, 0) is 52.6 Å². The summed E-state index contributed by atoms with van der Waals surface area (Å²) in [6.07, 6.45) is 6.98. The van der Waals surface area contributed by atoms with Crippen LogP contribution in [0.4, 0.5) is 0 Å². The summed E-state index contributed by atoms with van der Waals surface area (Å²) >= 11 is 0. The van der Waals surface area contributed by atoms with E-state index in [1.54, 1.807) is 0 Å². The average Bonchev–Trinajstić information content (AvgIpc) is 2.97. The summed E-state index contributed by atoms with van der Waals surface area (Å²) < 4.78 is 12.1. The highest BCUT2D eigenvalue weighted by Crippen LogP contribution is 2.23. The molecule has 23 heavy (non-hydrogen) atoms. The van der Waals surface area contributed by atoms with Crippen LogP contribution in [-0.4, -0.2) is 64.8 Å². The third kappa shape index (κ3) is 5.75. The van der Waals surface area contributed by atoms with Crippen molar-refractivity contribution in [3.63, 3.8) is 0 Å². The fourth-order valence-corrected chi connectivity index (χ4v) is 5.02. The minimum absolute atomic E-state index is 0.357. The van der Waals surface area contributed by atoms with E-state index in [1.807, 2.05) is 6.92 Å². The first-order chi connectivity index (χ1) is 11.1. The molecule has 0 aromatic carbocycles. The minimum atomic E-state index is -0.670. The lowest BCUT2D eigenvalue weighted by atomic mass is 9.95. The van der Waals surface area contributed by atoms with Gasteiger partial charge in [-0.2, -0.15) is 0 Å². The van der Waals surface area contributed by atoms with Crippen LogP contribution in [-0.2, 0) is 10.8 Å². The molecule has 1 aliphatic carbocycles. The molecule has 1 saturated heterocycles. The number of nitrogens with zero attached hydrogens (tertiary/aromatic N) is 2. The van der Waals surface area contributed by atoms with Gasteiger partial charge in [0.15, 0.2) is 5.96 Å². The van der Waals surface area contributed by atoms with Crippen molar-refractivity contribution in [3.05, 3.63) is 0 Å². The van der Waals surface area contributed by atoms with Gasteiger partial charge in [0, 0.05) is 40.4 Å². The molecule has 6 heteroatoms. The highest BCUT2D eigenvalue weighted by atomic mass is 32.2. The number of guanidine groups is 1. The van der Waals surface area contributed by atoms with Gasteiger partial charge >= 0.3 is 0 Å². The van der Waals surface area contributed by atoms with Crippen molar-refractivity contribution >= 4 is 16.8 Å². The maximum atomic E-state index is 12.1. The Morgan fingerprint density at radius 1 is 1.26 bits per heavy atom. The maximum absolute atomic E-state index is 12.1. The van der Waals surface area contributed by atoms with E-state index in [9.17, 15) is 4.21 Å². The molecule has 1 saturated carbocycles. The van der Waals surface area contributed by atoms with Crippen LogP contribution in [0, 0.1) is 0 Å². The van der Waals surface area contributed by atoms with Gasteiger partial charge in [-0.1, -0.05) is 13.3 Å². The monoisotopic (exact) mass is 342 g/mol. The lowest BCUT2D eigenvalue weighted by molar-refractivity contribution is 0.317. The van der Waals surface area contributed by atoms with E-state index in [4.69, 9.17) is 4.99 Å². The van der Waals surface area contributed by atoms with E-state index < -0.39 is 10.8 Å². The number of rotatable bonds is 6. The van der Waals surface area contributed by atoms with Crippen LogP contribution in [0.25, 0.3) is 0 Å². The second-order valence-electron chi connectivity index (χ2n) is 6.80. The Kier molecular flexibility index (Phi) is 7.83. The summed E-state index contributed by atoms with van der Waals surface area (Å²) in [6.45, 7) is 7.06. The van der Waals surface area contributed by atoms with Gasteiger partial charge in [0.2, 0.25) is 0 Å². The quantitative estimate of drug-likeness (QED) is 0.570. The predicted octanol–water partition coefficient (Wildman–Crippen LogP) is 1.72. The SMILES string of the molecule is CCNC(=NCC1CCCN1C)NC1CCCC(S(=O)CC)C1. The number of hydrogen-bond donors (Lipinski definition) is 2. The topological polar surface area (TPSA) is 56.7 Å². The van der Waals surface area contributed by atoms with E-state index in [-0.39, 0.29) is 0 Å². The molecule has 1 heterocycles. The summed E-state index contributed by atoms with van der Waals surface area (Å²) in [5.41, 5.74) is 0. The third-order valence-corrected chi connectivity index (χ3v) is 6.84. The Labute approximate surface area is 144 Å². The summed E-state index contributed by atoms with van der Waals surface area (Å²) in [6, 6.07) is 0.987. The third-order valence-electron chi connectivity index (χ3n) is 5.10. The van der Waals surface area contributed by atoms with Gasteiger partial charge in [-0.25, -0.2) is 0 Å². The molecule has 5 nitrogen and oxygen atoms in total. The largest absolute Gasteiger partial charge is 0.357 e. The van der Waals surface area contributed by atoms with Crippen LogP contribution in [0.2, 0.25) is 0 Å². The maximum Gasteiger partial charge on any atom is 0.191 e. The van der Waals surface area contributed by atoms with E-state index in [0.29, 0.717) is 17.3 Å². The Hall–Kier alpha value is -0.620. The lowest BCUT2D eigenvalue weighted by Crippen LogP contribution is -2.47. The first kappa shape index (κ1) is 18.7. The second-order valence-corrected chi connectivity index (χ2v) is 8.80. The van der Waals surface area contributed by atoms with Crippen LogP contribution in [0.5, 0.6) is 0 Å². The fourth-order valence-electron chi connectivity index (χ4n) is 3.67. The summed E-state index contributed by atoms with van der Waals surface area (Å²) in [5, 5.41) is 7.32. The Morgan fingerprint density at radius 3 is 2.74 bits per heavy atom. The minimum Gasteiger partial charge on any atom is -0.357 e. The zero-order valence-corrected chi connectivity index (χ0v) is 15.8. The van der Waals surface area contributed by atoms with Gasteiger partial charge < -0.3 is 15.5 Å². The number of nitrogens with one attached hydrogen (secondary N) is 2. The van der Waals surface area contributed by atoms with Crippen molar-refractivity contribution in [1.29, 1.82) is 0 Å². The predicted molar refractivity (Wildman–Crippen MR) is 99.5 cm³/mol. The highest BCUT2D eigenvalue weighted by molar-refractivity contribution is 7.85. The van der Waals surface area contributed by atoms with Crippen molar-refractivity contribution in [2.75, 3.05) is 32.4 Å². The number of aliphatic imine (C=N–C) groups is 1. The van der Waals surface area contributed by atoms with Crippen molar-refractivity contribution in [1.82, 2.24) is 15.5 Å². The first-order valence-electron chi connectivity index (χ1n) is 9.26. The number of likely N-dealkylation sites (tertiary alicyclic amines) is 1. The van der Waals surface area contributed by atoms with E-state index in [2.05, 4.69) is 29.5 Å². The number of likely N-dealkylation sites (N-methyl/N-ethyl adjacent to an activating group) is 1. The molecule has 1 aliphatic heterocycles. The van der Waals surface area contributed by atoms with Crippen LogP contribution in [0.1, 0.15) is 52.4 Å². The molecule has 0 spiro atoms. The number of hydrogen-bond acceptors (Lipinski definition) is 3. The first-order valence-corrected chi connectivity index (χ1v) is 10.6. The molecule has 0 aromatic heterocycles. The van der Waals surface area contributed by atoms with Crippen LogP contribution >= 0.6 is 0 Å². The van der Waals surface area contributed by atoms with Crippen molar-refractivity contribution in [2.24, 2.45) is 4.99 Å². The van der Waals surface area contributed by atoms with Gasteiger partial charge in [-0.15, -0.1) is 0 Å². The van der Waals surface area contributed by atoms with E-state index in [0.717, 1.165) is 44.1 Å². The zero-order chi connectivity index (χ0) is 16.7. The smallest absolute Gasteiger partial charge is 0.191 e. The van der Waals surface area contributed by atoms with Gasteiger partial charge in [0.05, 0.1) is 6.54 Å². The molecular formula is C17H34N4OS. The van der Waals surface area contributed by atoms with Gasteiger partial charge in [-0.3, -0.25) is 9.20 Å². The Morgan fingerprint density at radius 2 is 2.09 bits per heavy atom. The molecule has 2 fully saturated rings. The van der Waals surface area contributed by atoms with Crippen LogP contribution in [0.15, 0.2) is 4.99 Å². The Bertz CT molecular complexity index is 415. The Balaban J connectivity index is 1.88. The fraction of sp³-hybridized carbons (Fsp3) is 0.941. The average molecular weight is 343 g/mol. The van der Waals surface area contributed by atoms with Crippen LogP contribution < -0.4 is 10.6 Å². The summed E-state index contributed by atoms with van der Waals surface area (Å²) in [5.74, 6) is 1.71. The summed E-state index contributed by atoms with van der Waals surface area (Å²) in [4.78, 5) is 7.22. The molecular weight excluding hydrogens is 308 g/mol. The standard InChI is InChI=1S/C17H34N4OS/c1-4-18-17(19-13-15-9-7-11-21(15)3)20-14-8-6-10-16(12-14)23(22)5-2/h14-16H,4-13H2,1-3H3,(H2,18,19,20). The molecule has 4 unspecified atom stereocenters. The van der Waals surface area contributed by atoms with Crippen molar-refractivity contribution in [2.45, 2.75) is 69.7 Å². The second kappa shape index (κ2) is 9.62. The zero-order valence-electron chi connectivity index (χ0n) is 15.0. The highest BCUT2D eigenvalue weighted by Gasteiger charge is 2.26. The van der Waals surface area contributed by atoms with E-state index in [1.165, 1.54) is 25.8 Å². The molecule has 134 valence electrons. The molecule has 0 bridgehead atoms. The lowest BCUT2D eigenvalue weighted by Gasteiger charge is -2.30. The van der Waals surface area contributed by atoms with E-state index >= 15 is 0 Å². The summed E-state index contributed by atoms with van der Waals surface area (Å²) in [7, 11) is 1.52.